The number of rotatable bonds is 3. The Hall–Kier alpha value is -1.94. The summed E-state index contributed by atoms with van der Waals surface area (Å²) in [6.07, 6.45) is 2.83. The summed E-state index contributed by atoms with van der Waals surface area (Å²) in [6, 6.07) is 8.13. The van der Waals surface area contributed by atoms with Gasteiger partial charge in [-0.15, -0.1) is 0 Å². The molecule has 0 unspecified atom stereocenters. The van der Waals surface area contributed by atoms with Crippen LogP contribution in [0.4, 0.5) is 0 Å². The van der Waals surface area contributed by atoms with E-state index in [0.717, 1.165) is 42.2 Å². The zero-order valence-corrected chi connectivity index (χ0v) is 11.9. The zero-order valence-electron chi connectivity index (χ0n) is 11.9. The highest BCUT2D eigenvalue weighted by atomic mass is 16.5. The largest absolute Gasteiger partial charge is 0.491 e. The summed E-state index contributed by atoms with van der Waals surface area (Å²) in [5, 5.41) is 3.38. The molecule has 0 saturated carbocycles. The molecule has 2 heterocycles. The van der Waals surface area contributed by atoms with Gasteiger partial charge in [-0.05, 0) is 38.1 Å². The highest BCUT2D eigenvalue weighted by Gasteiger charge is 2.16. The Labute approximate surface area is 119 Å². The second-order valence-corrected chi connectivity index (χ2v) is 5.27. The first-order valence-electron chi connectivity index (χ1n) is 7.04. The van der Waals surface area contributed by atoms with Gasteiger partial charge in [-0.2, -0.15) is 0 Å². The van der Waals surface area contributed by atoms with Crippen LogP contribution in [0.5, 0.6) is 5.75 Å². The summed E-state index contributed by atoms with van der Waals surface area (Å²) in [5.41, 5.74) is 4.52. The van der Waals surface area contributed by atoms with E-state index < -0.39 is 0 Å². The van der Waals surface area contributed by atoms with Crippen molar-refractivity contribution < 1.29 is 4.74 Å². The Morgan fingerprint density at radius 2 is 1.95 bits per heavy atom. The van der Waals surface area contributed by atoms with Crippen molar-refractivity contribution in [2.75, 3.05) is 6.54 Å². The van der Waals surface area contributed by atoms with Crippen LogP contribution >= 0.6 is 0 Å². The lowest BCUT2D eigenvalue weighted by atomic mass is 10.0. The van der Waals surface area contributed by atoms with Crippen molar-refractivity contribution in [3.63, 3.8) is 0 Å². The highest BCUT2D eigenvalue weighted by molar-refractivity contribution is 5.64. The minimum Gasteiger partial charge on any atom is -0.491 e. The Balaban J connectivity index is 1.93. The number of benzene rings is 1. The maximum atomic E-state index is 5.67. The molecule has 0 saturated heterocycles. The van der Waals surface area contributed by atoms with Crippen LogP contribution in [0.2, 0.25) is 0 Å². The van der Waals surface area contributed by atoms with E-state index >= 15 is 0 Å². The number of nitrogens with one attached hydrogen (secondary N) is 1. The lowest BCUT2D eigenvalue weighted by molar-refractivity contribution is 0.242. The quantitative estimate of drug-likeness (QED) is 0.930. The molecule has 2 aromatic rings. The third kappa shape index (κ3) is 2.65. The van der Waals surface area contributed by atoms with Crippen LogP contribution in [0.25, 0.3) is 11.3 Å². The molecule has 1 aliphatic heterocycles. The number of fused-ring (bicyclic) bond motifs is 1. The van der Waals surface area contributed by atoms with Crippen molar-refractivity contribution in [2.24, 2.45) is 0 Å². The Bertz CT molecular complexity index is 593. The number of hydrogen-bond donors (Lipinski definition) is 1. The van der Waals surface area contributed by atoms with Crippen LogP contribution in [0.1, 0.15) is 25.1 Å². The minimum absolute atomic E-state index is 0.192. The average molecular weight is 269 g/mol. The van der Waals surface area contributed by atoms with Crippen molar-refractivity contribution in [2.45, 2.75) is 32.9 Å². The molecule has 0 bridgehead atoms. The van der Waals surface area contributed by atoms with Crippen molar-refractivity contribution in [1.29, 1.82) is 0 Å². The Morgan fingerprint density at radius 1 is 1.15 bits per heavy atom. The van der Waals surface area contributed by atoms with Crippen molar-refractivity contribution >= 4 is 0 Å². The molecule has 1 aromatic carbocycles. The summed E-state index contributed by atoms with van der Waals surface area (Å²) in [5.74, 6) is 0.893. The predicted molar refractivity (Wildman–Crippen MR) is 78.6 cm³/mol. The summed E-state index contributed by atoms with van der Waals surface area (Å²) < 4.78 is 5.67. The molecule has 104 valence electrons. The van der Waals surface area contributed by atoms with E-state index in [-0.39, 0.29) is 6.10 Å². The van der Waals surface area contributed by atoms with Gasteiger partial charge >= 0.3 is 0 Å². The van der Waals surface area contributed by atoms with E-state index in [1.807, 2.05) is 26.0 Å². The van der Waals surface area contributed by atoms with Crippen LogP contribution in [0.15, 0.2) is 30.6 Å². The maximum absolute atomic E-state index is 5.67. The monoisotopic (exact) mass is 269 g/mol. The first-order chi connectivity index (χ1) is 9.74. The molecule has 0 aliphatic carbocycles. The van der Waals surface area contributed by atoms with Crippen LogP contribution in [0, 0.1) is 0 Å². The fourth-order valence-corrected chi connectivity index (χ4v) is 2.48. The molecule has 0 atom stereocenters. The van der Waals surface area contributed by atoms with Crippen molar-refractivity contribution in [3.8, 4) is 17.0 Å². The molecule has 3 rings (SSSR count). The van der Waals surface area contributed by atoms with Crippen LogP contribution in [0.3, 0.4) is 0 Å². The number of ether oxygens (including phenoxy) is 1. The van der Waals surface area contributed by atoms with Gasteiger partial charge in [0.1, 0.15) is 12.1 Å². The van der Waals surface area contributed by atoms with E-state index in [1.165, 1.54) is 5.56 Å². The first kappa shape index (κ1) is 13.1. The fourth-order valence-electron chi connectivity index (χ4n) is 2.48. The Morgan fingerprint density at radius 3 is 2.70 bits per heavy atom. The normalized spacial score (nSPS) is 14.2. The average Bonchev–Trinajstić information content (AvgIpc) is 2.47. The molecular formula is C16H19N3O. The second-order valence-electron chi connectivity index (χ2n) is 5.27. The van der Waals surface area contributed by atoms with Crippen LogP contribution in [-0.4, -0.2) is 22.6 Å². The van der Waals surface area contributed by atoms with Gasteiger partial charge in [0.25, 0.3) is 0 Å². The summed E-state index contributed by atoms with van der Waals surface area (Å²) in [7, 11) is 0. The van der Waals surface area contributed by atoms with E-state index in [0.29, 0.717) is 0 Å². The summed E-state index contributed by atoms with van der Waals surface area (Å²) >= 11 is 0. The topological polar surface area (TPSA) is 47.0 Å². The fraction of sp³-hybridized carbons (Fsp3) is 0.375. The van der Waals surface area contributed by atoms with Gasteiger partial charge in [-0.25, -0.2) is 9.97 Å². The molecule has 20 heavy (non-hydrogen) atoms. The highest BCUT2D eigenvalue weighted by Crippen LogP contribution is 2.26. The predicted octanol–water partition coefficient (Wildman–Crippen LogP) is 2.58. The molecular weight excluding hydrogens is 250 g/mol. The molecule has 0 amide bonds. The molecule has 1 aliphatic rings. The second kappa shape index (κ2) is 5.59. The molecule has 4 heteroatoms. The van der Waals surface area contributed by atoms with Crippen molar-refractivity contribution in [1.82, 2.24) is 15.3 Å². The van der Waals surface area contributed by atoms with Crippen LogP contribution < -0.4 is 10.1 Å². The number of hydrogen-bond acceptors (Lipinski definition) is 4. The van der Waals surface area contributed by atoms with Gasteiger partial charge in [-0.1, -0.05) is 0 Å². The van der Waals surface area contributed by atoms with Gasteiger partial charge in [0.2, 0.25) is 0 Å². The van der Waals surface area contributed by atoms with E-state index in [4.69, 9.17) is 4.74 Å². The summed E-state index contributed by atoms with van der Waals surface area (Å²) in [6.45, 7) is 5.89. The zero-order chi connectivity index (χ0) is 13.9. The van der Waals surface area contributed by atoms with Gasteiger partial charge in [0, 0.05) is 30.6 Å². The van der Waals surface area contributed by atoms with Gasteiger partial charge in [0.15, 0.2) is 0 Å². The minimum atomic E-state index is 0.192. The Kier molecular flexibility index (Phi) is 3.65. The smallest absolute Gasteiger partial charge is 0.119 e. The molecule has 0 fully saturated rings. The maximum Gasteiger partial charge on any atom is 0.119 e. The standard InChI is InChI=1S/C16H19N3O/c1-11(2)20-13-5-3-12(4-6-13)16-14-9-17-8-7-15(14)18-10-19-16/h3-6,10-11,17H,7-9H2,1-2H3. The lowest BCUT2D eigenvalue weighted by Crippen LogP contribution is -2.25. The third-order valence-corrected chi connectivity index (χ3v) is 3.37. The molecule has 1 N–H and O–H groups in total. The lowest BCUT2D eigenvalue weighted by Gasteiger charge is -2.18. The SMILES string of the molecule is CC(C)Oc1ccc(-c2ncnc3c2CNCC3)cc1. The van der Waals surface area contributed by atoms with E-state index in [2.05, 4.69) is 27.4 Å². The van der Waals surface area contributed by atoms with E-state index in [9.17, 15) is 0 Å². The first-order valence-corrected chi connectivity index (χ1v) is 7.04. The molecule has 0 radical (unpaired) electrons. The number of aromatic nitrogens is 2. The summed E-state index contributed by atoms with van der Waals surface area (Å²) in [4.78, 5) is 8.85. The molecule has 0 spiro atoms. The molecule has 1 aromatic heterocycles. The number of nitrogens with zero attached hydrogens (tertiary/aromatic N) is 2. The molecule has 4 nitrogen and oxygen atoms in total. The van der Waals surface area contributed by atoms with Gasteiger partial charge < -0.3 is 10.1 Å². The van der Waals surface area contributed by atoms with Crippen LogP contribution in [-0.2, 0) is 13.0 Å². The van der Waals surface area contributed by atoms with E-state index in [1.54, 1.807) is 6.33 Å². The van der Waals surface area contributed by atoms with Gasteiger partial charge in [-0.3, -0.25) is 0 Å². The van der Waals surface area contributed by atoms with Crippen molar-refractivity contribution in [3.05, 3.63) is 41.9 Å². The van der Waals surface area contributed by atoms with Gasteiger partial charge in [0.05, 0.1) is 17.5 Å². The third-order valence-electron chi connectivity index (χ3n) is 3.37.